The molecule has 19 heavy (non-hydrogen) atoms. The molecule has 0 aromatic heterocycles. The number of rotatable bonds is 3. The van der Waals surface area contributed by atoms with E-state index in [0.717, 1.165) is 31.2 Å². The average molecular weight is 278 g/mol. The van der Waals surface area contributed by atoms with Crippen molar-refractivity contribution < 1.29 is 5.11 Å². The van der Waals surface area contributed by atoms with E-state index in [4.69, 9.17) is 11.6 Å². The molecule has 3 heteroatoms. The molecule has 1 aliphatic carbocycles. The summed E-state index contributed by atoms with van der Waals surface area (Å²) in [5.41, 5.74) is -0.574. The molecule has 1 aromatic carbocycles. The Balaban J connectivity index is 2.20. The van der Waals surface area contributed by atoms with Crippen molar-refractivity contribution in [2.45, 2.75) is 51.0 Å². The molecule has 2 rings (SSSR count). The van der Waals surface area contributed by atoms with Crippen LogP contribution < -0.4 is 0 Å². The summed E-state index contributed by atoms with van der Waals surface area (Å²) in [6.07, 6.45) is 5.32. The maximum atomic E-state index is 10.9. The van der Waals surface area contributed by atoms with Crippen molar-refractivity contribution in [2.24, 2.45) is 5.41 Å². The van der Waals surface area contributed by atoms with Gasteiger partial charge in [-0.3, -0.25) is 0 Å². The van der Waals surface area contributed by atoms with Crippen LogP contribution in [-0.4, -0.2) is 10.7 Å². The Kier molecular flexibility index (Phi) is 4.18. The Morgan fingerprint density at radius 3 is 2.37 bits per heavy atom. The van der Waals surface area contributed by atoms with Gasteiger partial charge in [0, 0.05) is 11.4 Å². The van der Waals surface area contributed by atoms with Crippen LogP contribution in [0.1, 0.15) is 44.6 Å². The quantitative estimate of drug-likeness (QED) is 0.904. The first kappa shape index (κ1) is 14.4. The molecule has 1 unspecified atom stereocenters. The maximum Gasteiger partial charge on any atom is 0.0860 e. The van der Waals surface area contributed by atoms with Crippen LogP contribution in [0.25, 0.3) is 0 Å². The zero-order valence-electron chi connectivity index (χ0n) is 11.3. The lowest BCUT2D eigenvalue weighted by Crippen LogP contribution is -2.48. The van der Waals surface area contributed by atoms with Crippen molar-refractivity contribution >= 4 is 11.6 Å². The van der Waals surface area contributed by atoms with Crippen LogP contribution in [0, 0.1) is 16.7 Å². The first-order chi connectivity index (χ1) is 8.99. The van der Waals surface area contributed by atoms with Gasteiger partial charge in [-0.2, -0.15) is 5.26 Å². The molecule has 0 saturated heterocycles. The van der Waals surface area contributed by atoms with Crippen LogP contribution >= 0.6 is 11.6 Å². The summed E-state index contributed by atoms with van der Waals surface area (Å²) in [6, 6.07) is 9.91. The summed E-state index contributed by atoms with van der Waals surface area (Å²) >= 11 is 5.87. The SMILES string of the molecule is CC(O)(Cc1ccc(Cl)cc1)C1(C#N)CCCCC1. The van der Waals surface area contributed by atoms with Gasteiger partial charge in [0.25, 0.3) is 0 Å². The van der Waals surface area contributed by atoms with Crippen LogP contribution in [0.2, 0.25) is 5.02 Å². The van der Waals surface area contributed by atoms with E-state index in [1.54, 1.807) is 6.92 Å². The second-order valence-corrected chi connectivity index (χ2v) is 6.27. The molecular weight excluding hydrogens is 258 g/mol. The topological polar surface area (TPSA) is 44.0 Å². The normalized spacial score (nSPS) is 21.4. The highest BCUT2D eigenvalue weighted by molar-refractivity contribution is 6.30. The van der Waals surface area contributed by atoms with Crippen molar-refractivity contribution in [2.75, 3.05) is 0 Å². The number of nitriles is 1. The van der Waals surface area contributed by atoms with E-state index < -0.39 is 11.0 Å². The zero-order valence-corrected chi connectivity index (χ0v) is 12.1. The number of hydrogen-bond acceptors (Lipinski definition) is 2. The van der Waals surface area contributed by atoms with Gasteiger partial charge in [-0.15, -0.1) is 0 Å². The Morgan fingerprint density at radius 1 is 1.26 bits per heavy atom. The molecule has 1 N–H and O–H groups in total. The Morgan fingerprint density at radius 2 is 1.84 bits per heavy atom. The first-order valence-electron chi connectivity index (χ1n) is 6.87. The number of hydrogen-bond donors (Lipinski definition) is 1. The number of aliphatic hydroxyl groups is 1. The smallest absolute Gasteiger partial charge is 0.0860 e. The zero-order chi connectivity index (χ0) is 13.9. The molecule has 102 valence electrons. The van der Waals surface area contributed by atoms with Crippen LogP contribution in [0.4, 0.5) is 0 Å². The Hall–Kier alpha value is -1.04. The van der Waals surface area contributed by atoms with Crippen LogP contribution in [0.3, 0.4) is 0 Å². The van der Waals surface area contributed by atoms with Crippen molar-refractivity contribution in [3.05, 3.63) is 34.9 Å². The van der Waals surface area contributed by atoms with Gasteiger partial charge in [0.2, 0.25) is 0 Å². The fourth-order valence-electron chi connectivity index (χ4n) is 3.10. The fourth-order valence-corrected chi connectivity index (χ4v) is 3.22. The molecule has 2 nitrogen and oxygen atoms in total. The summed E-state index contributed by atoms with van der Waals surface area (Å²) < 4.78 is 0. The van der Waals surface area contributed by atoms with Gasteiger partial charge in [0.05, 0.1) is 17.1 Å². The molecule has 0 radical (unpaired) electrons. The lowest BCUT2D eigenvalue weighted by atomic mass is 9.63. The predicted molar refractivity (Wildman–Crippen MR) is 76.9 cm³/mol. The van der Waals surface area contributed by atoms with E-state index in [1.807, 2.05) is 24.3 Å². The number of nitrogens with zero attached hydrogens (tertiary/aromatic N) is 1. The third-order valence-corrected chi connectivity index (χ3v) is 4.67. The lowest BCUT2D eigenvalue weighted by molar-refractivity contribution is -0.0569. The van der Waals surface area contributed by atoms with Crippen molar-refractivity contribution in [3.8, 4) is 6.07 Å². The summed E-state index contributed by atoms with van der Waals surface area (Å²) in [7, 11) is 0. The Bertz CT molecular complexity index is 467. The second kappa shape index (κ2) is 5.53. The van der Waals surface area contributed by atoms with E-state index in [9.17, 15) is 10.4 Å². The highest BCUT2D eigenvalue weighted by Crippen LogP contribution is 2.45. The van der Waals surface area contributed by atoms with Crippen molar-refractivity contribution in [1.82, 2.24) is 0 Å². The van der Waals surface area contributed by atoms with Crippen molar-refractivity contribution in [1.29, 1.82) is 5.26 Å². The molecule has 0 spiro atoms. The summed E-state index contributed by atoms with van der Waals surface area (Å²) in [4.78, 5) is 0. The van der Waals surface area contributed by atoms with E-state index in [1.165, 1.54) is 6.42 Å². The van der Waals surface area contributed by atoms with E-state index in [-0.39, 0.29) is 0 Å². The molecular formula is C16H20ClNO. The number of benzene rings is 1. The first-order valence-corrected chi connectivity index (χ1v) is 7.25. The third-order valence-electron chi connectivity index (χ3n) is 4.41. The Labute approximate surface area is 120 Å². The minimum absolute atomic E-state index is 0.498. The molecule has 1 aromatic rings. The molecule has 0 bridgehead atoms. The molecule has 0 heterocycles. The van der Waals surface area contributed by atoms with Crippen LogP contribution in [-0.2, 0) is 6.42 Å². The average Bonchev–Trinajstić information content (AvgIpc) is 2.42. The highest BCUT2D eigenvalue weighted by atomic mass is 35.5. The number of halogens is 1. The van der Waals surface area contributed by atoms with E-state index in [0.29, 0.717) is 11.4 Å². The molecule has 1 aliphatic rings. The van der Waals surface area contributed by atoms with E-state index >= 15 is 0 Å². The van der Waals surface area contributed by atoms with Gasteiger partial charge in [0.1, 0.15) is 0 Å². The summed E-state index contributed by atoms with van der Waals surface area (Å²) in [5.74, 6) is 0. The van der Waals surface area contributed by atoms with Gasteiger partial charge in [-0.1, -0.05) is 43.0 Å². The molecule has 1 saturated carbocycles. The minimum Gasteiger partial charge on any atom is -0.388 e. The molecule has 0 aliphatic heterocycles. The predicted octanol–water partition coefficient (Wildman–Crippen LogP) is 4.11. The third kappa shape index (κ3) is 2.94. The minimum atomic E-state index is -0.990. The largest absolute Gasteiger partial charge is 0.388 e. The molecule has 1 atom stereocenters. The van der Waals surface area contributed by atoms with E-state index in [2.05, 4.69) is 6.07 Å². The molecule has 0 amide bonds. The summed E-state index contributed by atoms with van der Waals surface area (Å²) in [5, 5.41) is 21.1. The summed E-state index contributed by atoms with van der Waals surface area (Å²) in [6.45, 7) is 1.80. The molecule has 1 fully saturated rings. The van der Waals surface area contributed by atoms with Gasteiger partial charge < -0.3 is 5.11 Å². The standard InChI is InChI=1S/C16H20ClNO/c1-15(19,11-13-5-7-14(17)8-6-13)16(12-18)9-3-2-4-10-16/h5-8,19H,2-4,9-11H2,1H3. The van der Waals surface area contributed by atoms with Crippen LogP contribution in [0.5, 0.6) is 0 Å². The van der Waals surface area contributed by atoms with Crippen LogP contribution in [0.15, 0.2) is 24.3 Å². The maximum absolute atomic E-state index is 10.9. The fraction of sp³-hybridized carbons (Fsp3) is 0.562. The van der Waals surface area contributed by atoms with Crippen molar-refractivity contribution in [3.63, 3.8) is 0 Å². The van der Waals surface area contributed by atoms with Gasteiger partial charge in [-0.25, -0.2) is 0 Å². The van der Waals surface area contributed by atoms with Gasteiger partial charge >= 0.3 is 0 Å². The van der Waals surface area contributed by atoms with Gasteiger partial charge in [-0.05, 0) is 37.5 Å². The monoisotopic (exact) mass is 277 g/mol. The lowest BCUT2D eigenvalue weighted by Gasteiger charge is -2.43. The second-order valence-electron chi connectivity index (χ2n) is 5.83. The highest BCUT2D eigenvalue weighted by Gasteiger charge is 2.47. The van der Waals surface area contributed by atoms with Gasteiger partial charge in [0.15, 0.2) is 0 Å².